The molecule has 0 fully saturated rings. The molecule has 2 heterocycles. The number of pyridine rings is 1. The van der Waals surface area contributed by atoms with Gasteiger partial charge in [0.25, 0.3) is 5.91 Å². The smallest absolute Gasteiger partial charge is 0.271 e. The van der Waals surface area contributed by atoms with Crippen molar-refractivity contribution >= 4 is 17.2 Å². The Morgan fingerprint density at radius 3 is 2.27 bits per heavy atom. The van der Waals surface area contributed by atoms with Crippen molar-refractivity contribution < 1.29 is 14.3 Å². The average molecular weight is 559 g/mol. The van der Waals surface area contributed by atoms with E-state index in [1.807, 2.05) is 29.6 Å². The molecule has 1 amide bonds. The van der Waals surface area contributed by atoms with E-state index in [2.05, 4.69) is 71.3 Å². The van der Waals surface area contributed by atoms with Crippen molar-refractivity contribution in [1.82, 2.24) is 20.2 Å². The van der Waals surface area contributed by atoms with Gasteiger partial charge in [-0.1, -0.05) is 51.1 Å². The van der Waals surface area contributed by atoms with E-state index < -0.39 is 0 Å². The van der Waals surface area contributed by atoms with E-state index in [1.165, 1.54) is 28.0 Å². The number of ether oxygens (including phenoxy) is 2. The van der Waals surface area contributed by atoms with Crippen molar-refractivity contribution in [3.63, 3.8) is 0 Å². The van der Waals surface area contributed by atoms with Crippen LogP contribution >= 0.6 is 11.3 Å². The number of amides is 1. The summed E-state index contributed by atoms with van der Waals surface area (Å²) in [5, 5.41) is 5.69. The van der Waals surface area contributed by atoms with Gasteiger partial charge in [0, 0.05) is 37.4 Å². The van der Waals surface area contributed by atoms with Crippen LogP contribution in [0.1, 0.15) is 58.5 Å². The van der Waals surface area contributed by atoms with Gasteiger partial charge in [0.1, 0.15) is 10.7 Å². The zero-order chi connectivity index (χ0) is 28.5. The standard InChI is InChI=1S/C32H38N4O3S/c1-32(2,3)26-9-6-25(7-10-26)20-36(17-14-23-8-11-28(38-4)29(18-23)39-5)21-30-35-27(22-40-30)31(37)34-19-24-12-15-33-16-13-24/h6-13,15-16,18,22H,14,17,19-21H2,1-5H3,(H,34,37). The van der Waals surface area contributed by atoms with Crippen LogP contribution in [0.2, 0.25) is 0 Å². The first kappa shape index (κ1) is 29.2. The van der Waals surface area contributed by atoms with Crippen molar-refractivity contribution in [2.45, 2.75) is 52.2 Å². The molecule has 0 unspecified atom stereocenters. The summed E-state index contributed by atoms with van der Waals surface area (Å²) in [6.45, 7) is 9.37. The number of benzene rings is 2. The third kappa shape index (κ3) is 8.13. The number of aromatic nitrogens is 2. The molecule has 1 N–H and O–H groups in total. The monoisotopic (exact) mass is 558 g/mol. The van der Waals surface area contributed by atoms with E-state index in [1.54, 1.807) is 26.6 Å². The molecule has 0 aliphatic carbocycles. The molecule has 7 nitrogen and oxygen atoms in total. The Labute approximate surface area is 241 Å². The molecule has 0 aliphatic heterocycles. The highest BCUT2D eigenvalue weighted by atomic mass is 32.1. The highest BCUT2D eigenvalue weighted by Gasteiger charge is 2.16. The van der Waals surface area contributed by atoms with Crippen molar-refractivity contribution in [3.8, 4) is 11.5 Å². The van der Waals surface area contributed by atoms with Crippen molar-refractivity contribution in [2.24, 2.45) is 0 Å². The number of carbonyl (C=O) groups is 1. The second-order valence-corrected chi connectivity index (χ2v) is 11.7. The molecule has 2 aromatic heterocycles. The zero-order valence-corrected chi connectivity index (χ0v) is 24.8. The highest BCUT2D eigenvalue weighted by Crippen LogP contribution is 2.28. The molecular weight excluding hydrogens is 520 g/mol. The lowest BCUT2D eigenvalue weighted by molar-refractivity contribution is 0.0946. The summed E-state index contributed by atoms with van der Waals surface area (Å²) in [7, 11) is 3.30. The summed E-state index contributed by atoms with van der Waals surface area (Å²) >= 11 is 1.52. The molecule has 2 aromatic carbocycles. The Morgan fingerprint density at radius 2 is 1.60 bits per heavy atom. The number of hydrogen-bond acceptors (Lipinski definition) is 7. The van der Waals surface area contributed by atoms with Crippen LogP contribution in [0.5, 0.6) is 11.5 Å². The van der Waals surface area contributed by atoms with Crippen LogP contribution in [0.3, 0.4) is 0 Å². The third-order valence-electron chi connectivity index (χ3n) is 6.74. The van der Waals surface area contributed by atoms with Gasteiger partial charge >= 0.3 is 0 Å². The molecule has 0 atom stereocenters. The summed E-state index contributed by atoms with van der Waals surface area (Å²) in [6.07, 6.45) is 4.27. The molecule has 0 radical (unpaired) electrons. The van der Waals surface area contributed by atoms with Gasteiger partial charge in [0.2, 0.25) is 0 Å². The van der Waals surface area contributed by atoms with Crippen LogP contribution in [-0.2, 0) is 31.5 Å². The second kappa shape index (κ2) is 13.5. The Morgan fingerprint density at radius 1 is 0.900 bits per heavy atom. The van der Waals surface area contributed by atoms with Crippen LogP contribution < -0.4 is 14.8 Å². The van der Waals surface area contributed by atoms with E-state index in [0.717, 1.165) is 41.6 Å². The van der Waals surface area contributed by atoms with Gasteiger partial charge in [-0.3, -0.25) is 14.7 Å². The van der Waals surface area contributed by atoms with Gasteiger partial charge in [-0.15, -0.1) is 11.3 Å². The topological polar surface area (TPSA) is 76.6 Å². The van der Waals surface area contributed by atoms with Crippen molar-refractivity contribution in [1.29, 1.82) is 0 Å². The predicted molar refractivity (Wildman–Crippen MR) is 160 cm³/mol. The van der Waals surface area contributed by atoms with Crippen LogP contribution in [-0.4, -0.2) is 41.5 Å². The SMILES string of the molecule is COc1ccc(CCN(Cc2ccc(C(C)(C)C)cc2)Cc2nc(C(=O)NCc3ccncc3)cs2)cc1OC. The lowest BCUT2D eigenvalue weighted by atomic mass is 9.87. The number of rotatable bonds is 12. The molecule has 40 heavy (non-hydrogen) atoms. The molecule has 0 saturated carbocycles. The second-order valence-electron chi connectivity index (χ2n) is 10.8. The zero-order valence-electron chi connectivity index (χ0n) is 23.9. The Bertz CT molecular complexity index is 1380. The average Bonchev–Trinajstić information content (AvgIpc) is 3.43. The van der Waals surface area contributed by atoms with Gasteiger partial charge in [0.05, 0.1) is 20.8 Å². The first-order valence-electron chi connectivity index (χ1n) is 13.4. The van der Waals surface area contributed by atoms with Gasteiger partial charge < -0.3 is 14.8 Å². The molecule has 210 valence electrons. The first-order chi connectivity index (χ1) is 19.2. The summed E-state index contributed by atoms with van der Waals surface area (Å²) in [5.41, 5.74) is 5.28. The summed E-state index contributed by atoms with van der Waals surface area (Å²) in [6, 6.07) is 18.7. The number of methoxy groups -OCH3 is 2. The minimum Gasteiger partial charge on any atom is -0.493 e. The van der Waals surface area contributed by atoms with E-state index in [4.69, 9.17) is 9.47 Å². The summed E-state index contributed by atoms with van der Waals surface area (Å²) in [5.74, 6) is 1.28. The third-order valence-corrected chi connectivity index (χ3v) is 7.57. The first-order valence-corrected chi connectivity index (χ1v) is 14.3. The molecular formula is C32H38N4O3S. The Balaban J connectivity index is 1.46. The Hall–Kier alpha value is -3.75. The van der Waals surface area contributed by atoms with Crippen molar-refractivity contribution in [3.05, 3.63) is 105 Å². The summed E-state index contributed by atoms with van der Waals surface area (Å²) in [4.78, 5) is 23.8. The lowest BCUT2D eigenvalue weighted by Crippen LogP contribution is -2.26. The molecule has 0 aliphatic rings. The van der Waals surface area contributed by atoms with Gasteiger partial charge in [-0.25, -0.2) is 4.98 Å². The molecule has 4 rings (SSSR count). The van der Waals surface area contributed by atoms with E-state index >= 15 is 0 Å². The van der Waals surface area contributed by atoms with Gasteiger partial charge in [0.15, 0.2) is 11.5 Å². The van der Waals surface area contributed by atoms with E-state index in [9.17, 15) is 4.79 Å². The number of thiazole rings is 1. The molecule has 4 aromatic rings. The van der Waals surface area contributed by atoms with Crippen LogP contribution in [0.4, 0.5) is 0 Å². The fourth-order valence-electron chi connectivity index (χ4n) is 4.36. The van der Waals surface area contributed by atoms with Crippen LogP contribution in [0.15, 0.2) is 72.4 Å². The predicted octanol–water partition coefficient (Wildman–Crippen LogP) is 6.03. The lowest BCUT2D eigenvalue weighted by Gasteiger charge is -2.23. The van der Waals surface area contributed by atoms with E-state index in [0.29, 0.717) is 18.8 Å². The van der Waals surface area contributed by atoms with Gasteiger partial charge in [-0.05, 0) is 58.4 Å². The fraction of sp³-hybridized carbons (Fsp3) is 0.344. The largest absolute Gasteiger partial charge is 0.493 e. The van der Waals surface area contributed by atoms with E-state index in [-0.39, 0.29) is 11.3 Å². The van der Waals surface area contributed by atoms with Gasteiger partial charge in [-0.2, -0.15) is 0 Å². The molecule has 0 spiro atoms. The fourth-order valence-corrected chi connectivity index (χ4v) is 5.17. The molecule has 0 saturated heterocycles. The quantitative estimate of drug-likeness (QED) is 0.229. The number of nitrogens with one attached hydrogen (secondary N) is 1. The molecule has 0 bridgehead atoms. The minimum absolute atomic E-state index is 0.112. The van der Waals surface area contributed by atoms with Crippen LogP contribution in [0, 0.1) is 0 Å². The minimum atomic E-state index is -0.172. The number of hydrogen-bond donors (Lipinski definition) is 1. The highest BCUT2D eigenvalue weighted by molar-refractivity contribution is 7.09. The number of carbonyl (C=O) groups excluding carboxylic acids is 1. The van der Waals surface area contributed by atoms with Crippen molar-refractivity contribution in [2.75, 3.05) is 20.8 Å². The maximum absolute atomic E-state index is 12.7. The Kier molecular flexibility index (Phi) is 9.90. The maximum atomic E-state index is 12.7. The molecule has 8 heteroatoms. The maximum Gasteiger partial charge on any atom is 0.271 e. The van der Waals surface area contributed by atoms with Crippen LogP contribution in [0.25, 0.3) is 0 Å². The normalized spacial score (nSPS) is 11.4. The number of nitrogens with zero attached hydrogens (tertiary/aromatic N) is 3. The summed E-state index contributed by atoms with van der Waals surface area (Å²) < 4.78 is 10.9.